The van der Waals surface area contributed by atoms with Crippen molar-refractivity contribution in [2.24, 2.45) is 5.73 Å². The molecule has 8 N–H and O–H groups in total. The van der Waals surface area contributed by atoms with E-state index in [1.807, 2.05) is 37.7 Å². The van der Waals surface area contributed by atoms with Gasteiger partial charge in [-0.1, -0.05) is 74.1 Å². The van der Waals surface area contributed by atoms with Crippen molar-refractivity contribution in [1.82, 2.24) is 49.9 Å². The Morgan fingerprint density at radius 3 is 1.41 bits per heavy atom. The highest BCUT2D eigenvalue weighted by Gasteiger charge is 2.19. The molecule has 0 unspecified atom stereocenters. The molecule has 23 nitrogen and oxygen atoms in total. The normalized spacial score (nSPS) is 10.6. The number of halogens is 4. The minimum atomic E-state index is -1.12. The lowest BCUT2D eigenvalue weighted by Gasteiger charge is -2.12. The summed E-state index contributed by atoms with van der Waals surface area (Å²) in [7, 11) is 0. The van der Waals surface area contributed by atoms with Crippen molar-refractivity contribution in [1.29, 1.82) is 5.26 Å². The third kappa shape index (κ3) is 10.8. The van der Waals surface area contributed by atoms with Gasteiger partial charge in [0.15, 0.2) is 11.5 Å². The summed E-state index contributed by atoms with van der Waals surface area (Å²) in [6.07, 6.45) is 0. The van der Waals surface area contributed by atoms with E-state index in [0.29, 0.717) is 15.8 Å². The zero-order valence-electron chi connectivity index (χ0n) is 31.4. The number of hydrogen-bond donors (Lipinski definition) is 7. The van der Waals surface area contributed by atoms with Crippen LogP contribution in [-0.2, 0) is 0 Å². The summed E-state index contributed by atoms with van der Waals surface area (Å²) in [6.45, 7) is 7.35. The number of carbonyl (C=O) groups excluding carboxylic acids is 1. The van der Waals surface area contributed by atoms with Gasteiger partial charge in [-0.2, -0.15) is 19.7 Å². The zero-order valence-corrected chi connectivity index (χ0v) is 34.4. The van der Waals surface area contributed by atoms with Gasteiger partial charge < -0.3 is 15.2 Å². The topological polar surface area (TPSA) is 353 Å². The quantitative estimate of drug-likeness (QED) is 0.0806. The van der Waals surface area contributed by atoms with E-state index >= 15 is 0 Å². The molecule has 0 aliphatic rings. The molecule has 4 heterocycles. The van der Waals surface area contributed by atoms with Crippen LogP contribution in [0.3, 0.4) is 0 Å². The number of hydrogen-bond acceptors (Lipinski definition) is 16. The summed E-state index contributed by atoms with van der Waals surface area (Å²) in [5.74, 6) is -1.11. The molecular weight excluding hydrogens is 894 g/mol. The first-order valence-electron chi connectivity index (χ1n) is 16.7. The van der Waals surface area contributed by atoms with Crippen LogP contribution in [0, 0.1) is 11.3 Å². The number of H-pyrrole nitrogens is 4. The number of benzene rings is 2. The summed E-state index contributed by atoms with van der Waals surface area (Å²) >= 11 is 24.9. The van der Waals surface area contributed by atoms with E-state index in [1.165, 1.54) is 36.4 Å². The maximum absolute atomic E-state index is 12.1. The molecule has 27 heteroatoms. The second-order valence-corrected chi connectivity index (χ2v) is 14.1. The van der Waals surface area contributed by atoms with E-state index in [9.17, 15) is 33.6 Å². The smallest absolute Gasteiger partial charge is 0.349 e. The van der Waals surface area contributed by atoms with Gasteiger partial charge in [0.25, 0.3) is 28.1 Å². The number of nitrogens with zero attached hydrogens (tertiary/aromatic N) is 7. The minimum Gasteiger partial charge on any atom is -0.434 e. The Hall–Kier alpha value is -6.94. The third-order valence-corrected chi connectivity index (χ3v) is 8.85. The Morgan fingerprint density at radius 1 is 0.672 bits per heavy atom. The Balaban J connectivity index is 0.000000258. The number of nitriles is 1. The second-order valence-electron chi connectivity index (χ2n) is 12.5. The van der Waals surface area contributed by atoms with E-state index < -0.39 is 39.8 Å². The van der Waals surface area contributed by atoms with Crippen LogP contribution in [0.25, 0.3) is 11.4 Å². The van der Waals surface area contributed by atoms with Crippen molar-refractivity contribution >= 4 is 52.3 Å². The molecule has 0 radical (unpaired) electrons. The highest BCUT2D eigenvalue weighted by Crippen LogP contribution is 2.39. The number of rotatable bonds is 9. The van der Waals surface area contributed by atoms with Gasteiger partial charge in [0.1, 0.15) is 6.07 Å². The van der Waals surface area contributed by atoms with E-state index in [-0.39, 0.29) is 77.7 Å². The van der Waals surface area contributed by atoms with Crippen molar-refractivity contribution in [3.05, 3.63) is 141 Å². The molecule has 1 amide bonds. The second kappa shape index (κ2) is 19.9. The van der Waals surface area contributed by atoms with Crippen LogP contribution in [-0.4, -0.2) is 66.3 Å². The molecular formula is C34H28Cl4N12O11. The Labute approximate surface area is 358 Å². The van der Waals surface area contributed by atoms with Crippen molar-refractivity contribution in [2.45, 2.75) is 39.5 Å². The fourth-order valence-electron chi connectivity index (χ4n) is 4.89. The van der Waals surface area contributed by atoms with Crippen molar-refractivity contribution < 1.29 is 24.8 Å². The molecule has 0 bridgehead atoms. The zero-order chi connectivity index (χ0) is 45.5. The first kappa shape index (κ1) is 46.7. The third-order valence-electron chi connectivity index (χ3n) is 7.73. The lowest BCUT2D eigenvalue weighted by molar-refractivity contribution is -0.176. The predicted molar refractivity (Wildman–Crippen MR) is 217 cm³/mol. The van der Waals surface area contributed by atoms with Gasteiger partial charge in [-0.25, -0.2) is 19.8 Å². The van der Waals surface area contributed by atoms with Gasteiger partial charge in [0.2, 0.25) is 23.1 Å². The number of amides is 1. The number of ether oxygens (including phenoxy) is 2. The Bertz CT molecular complexity index is 3010. The van der Waals surface area contributed by atoms with Crippen LogP contribution in [0.1, 0.15) is 66.8 Å². The molecule has 0 aliphatic heterocycles. The van der Waals surface area contributed by atoms with E-state index in [4.69, 9.17) is 77.4 Å². The first-order valence-corrected chi connectivity index (χ1v) is 18.2. The van der Waals surface area contributed by atoms with E-state index in [2.05, 4.69) is 30.6 Å². The fourth-order valence-corrected chi connectivity index (χ4v) is 6.00. The van der Waals surface area contributed by atoms with Crippen molar-refractivity contribution in [3.63, 3.8) is 0 Å². The summed E-state index contributed by atoms with van der Waals surface area (Å²) < 4.78 is 12.7. The van der Waals surface area contributed by atoms with Crippen LogP contribution in [0.5, 0.6) is 23.3 Å². The van der Waals surface area contributed by atoms with Gasteiger partial charge in [-0.3, -0.25) is 44.5 Å². The number of nitrogens with one attached hydrogen (secondary N) is 4. The molecule has 0 spiro atoms. The Morgan fingerprint density at radius 2 is 1.05 bits per heavy atom. The monoisotopic (exact) mass is 920 g/mol. The van der Waals surface area contributed by atoms with Gasteiger partial charge in [-0.15, -0.1) is 15.3 Å². The number of carbonyl (C=O) groups is 1. The van der Waals surface area contributed by atoms with E-state index in [0.717, 1.165) is 4.68 Å². The molecule has 6 rings (SSSR count). The first-order chi connectivity index (χ1) is 28.8. The van der Waals surface area contributed by atoms with Crippen molar-refractivity contribution in [3.8, 4) is 40.7 Å². The number of aromatic nitrogens is 10. The molecule has 318 valence electrons. The number of aromatic amines is 4. The van der Waals surface area contributed by atoms with Gasteiger partial charge >= 0.3 is 11.4 Å². The molecule has 61 heavy (non-hydrogen) atoms. The lowest BCUT2D eigenvalue weighted by atomic mass is 10.1. The summed E-state index contributed by atoms with van der Waals surface area (Å²) in [5.41, 5.74) is 0.544. The summed E-state index contributed by atoms with van der Waals surface area (Å²) in [6, 6.07) is 9.68. The van der Waals surface area contributed by atoms with Crippen LogP contribution in [0.4, 0.5) is 0 Å². The molecule has 2 aromatic carbocycles. The molecule has 4 aromatic heterocycles. The molecule has 0 aliphatic carbocycles. The fraction of sp³-hybridized carbons (Fsp3) is 0.176. The highest BCUT2D eigenvalue weighted by molar-refractivity contribution is 6.38. The van der Waals surface area contributed by atoms with Crippen LogP contribution in [0.15, 0.2) is 65.2 Å². The van der Waals surface area contributed by atoms with Crippen LogP contribution in [0.2, 0.25) is 20.1 Å². The van der Waals surface area contributed by atoms with E-state index in [1.54, 1.807) is 6.07 Å². The van der Waals surface area contributed by atoms with Crippen molar-refractivity contribution in [2.75, 3.05) is 0 Å². The van der Waals surface area contributed by atoms with Crippen LogP contribution >= 0.6 is 46.4 Å². The maximum Gasteiger partial charge on any atom is 0.349 e. The molecule has 0 fully saturated rings. The predicted octanol–water partition coefficient (Wildman–Crippen LogP) is 3.44. The largest absolute Gasteiger partial charge is 0.434 e. The highest BCUT2D eigenvalue weighted by atomic mass is 35.5. The molecule has 0 atom stereocenters. The van der Waals surface area contributed by atoms with Gasteiger partial charge in [-0.05, 0) is 36.1 Å². The van der Waals surface area contributed by atoms with Gasteiger partial charge in [0.05, 0.1) is 31.5 Å². The molecule has 6 aromatic rings. The standard InChI is InChI=1S/C17H14Cl2N6O5.C17H12Cl2N6O4.H2O2/c1-6(2)8-5-11(22-23-15(8)27)30-13-9(18)3-7(4-10(13)19)25-17(29)21-16(28)12(24-25)14(20)26;1-7(2)9-5-13(22-23-15(9)26)29-14-10(18)3-8(4-11(14)19)25-17(28)21-16(27)12(6-20)24-25;1-2/h3-6H,1-2H3,(H2,20,26)(H,23,27)(H,21,28,29);3-5,7H,1-2H3,(H,23,26)(H,21,27,28);1-2H. The average Bonchev–Trinajstić information content (AvgIpc) is 3.19. The summed E-state index contributed by atoms with van der Waals surface area (Å²) in [5, 5.41) is 40.5. The Kier molecular flexibility index (Phi) is 15.2. The number of primary amides is 1. The van der Waals surface area contributed by atoms with Gasteiger partial charge in [0, 0.05) is 23.3 Å². The minimum absolute atomic E-state index is 0.00365. The summed E-state index contributed by atoms with van der Waals surface area (Å²) in [4.78, 5) is 86.0. The molecule has 0 saturated heterocycles. The molecule has 0 saturated carbocycles. The number of nitrogens with two attached hydrogens (primary N) is 1. The average molecular weight is 922 g/mol. The SMILES string of the molecule is CC(C)c1cc(Oc2c(Cl)cc(-n3nc(C#N)c(=O)[nH]c3=O)cc2Cl)n[nH]c1=O.CC(C)c1cc(Oc2c(Cl)cc(-n3nc(C(N)=O)c(=O)[nH]c3=O)cc2Cl)n[nH]c1=O.OO. The van der Waals surface area contributed by atoms with Crippen LogP contribution < -0.4 is 48.8 Å². The maximum atomic E-state index is 12.1. The lowest BCUT2D eigenvalue weighted by Crippen LogP contribution is -2.37.